The molecule has 1 unspecified atom stereocenters. The summed E-state index contributed by atoms with van der Waals surface area (Å²) in [6.07, 6.45) is 0.420. The molecule has 6 heteroatoms. The largest absolute Gasteiger partial charge is 0.383 e. The highest BCUT2D eigenvalue weighted by Gasteiger charge is 2.16. The van der Waals surface area contributed by atoms with Gasteiger partial charge in [-0.1, -0.05) is 15.9 Å². The van der Waals surface area contributed by atoms with Gasteiger partial charge in [0.15, 0.2) is 0 Å². The van der Waals surface area contributed by atoms with E-state index < -0.39 is 4.92 Å². The number of benzene rings is 1. The number of nitrogens with two attached hydrogens (primary N) is 1. The molecule has 1 rings (SSSR count). The van der Waals surface area contributed by atoms with Crippen molar-refractivity contribution in [3.05, 3.63) is 38.3 Å². The number of methoxy groups -OCH3 is 1. The first-order chi connectivity index (χ1) is 7.54. The molecule has 0 saturated carbocycles. The van der Waals surface area contributed by atoms with Crippen molar-refractivity contribution >= 4 is 21.6 Å². The summed E-state index contributed by atoms with van der Waals surface area (Å²) in [7, 11) is 1.55. The quantitative estimate of drug-likeness (QED) is 0.663. The predicted octanol–water partition coefficient (Wildman–Crippen LogP) is 1.87. The smallest absolute Gasteiger partial charge is 0.272 e. The fourth-order valence-corrected chi connectivity index (χ4v) is 1.86. The van der Waals surface area contributed by atoms with E-state index in [4.69, 9.17) is 10.5 Å². The zero-order chi connectivity index (χ0) is 12.1. The fourth-order valence-electron chi connectivity index (χ4n) is 1.45. The van der Waals surface area contributed by atoms with Crippen molar-refractivity contribution in [2.24, 2.45) is 5.73 Å². The molecule has 0 aliphatic carbocycles. The highest BCUT2D eigenvalue weighted by molar-refractivity contribution is 9.10. The highest BCUT2D eigenvalue weighted by atomic mass is 79.9. The van der Waals surface area contributed by atoms with Gasteiger partial charge in [0.1, 0.15) is 0 Å². The van der Waals surface area contributed by atoms with Crippen molar-refractivity contribution in [2.75, 3.05) is 13.7 Å². The number of rotatable bonds is 5. The van der Waals surface area contributed by atoms with E-state index in [9.17, 15) is 10.1 Å². The van der Waals surface area contributed by atoms with E-state index in [1.807, 2.05) is 0 Å². The van der Waals surface area contributed by atoms with Gasteiger partial charge in [-0.05, 0) is 18.6 Å². The molecule has 88 valence electrons. The van der Waals surface area contributed by atoms with Crippen LogP contribution in [0.2, 0.25) is 0 Å². The van der Waals surface area contributed by atoms with Crippen LogP contribution >= 0.6 is 15.9 Å². The van der Waals surface area contributed by atoms with Gasteiger partial charge in [0.2, 0.25) is 0 Å². The van der Waals surface area contributed by atoms with Gasteiger partial charge >= 0.3 is 0 Å². The van der Waals surface area contributed by atoms with Crippen LogP contribution in [-0.4, -0.2) is 24.7 Å². The molecule has 1 atom stereocenters. The summed E-state index contributed by atoms with van der Waals surface area (Å²) in [6.45, 7) is 0.379. The molecule has 0 amide bonds. The van der Waals surface area contributed by atoms with E-state index >= 15 is 0 Å². The lowest BCUT2D eigenvalue weighted by molar-refractivity contribution is -0.385. The van der Waals surface area contributed by atoms with E-state index in [0.717, 1.165) is 4.47 Å². The van der Waals surface area contributed by atoms with E-state index in [-0.39, 0.29) is 11.7 Å². The molecule has 0 aliphatic heterocycles. The number of nitro benzene ring substituents is 1. The van der Waals surface area contributed by atoms with Crippen LogP contribution in [0.3, 0.4) is 0 Å². The number of nitrogens with zero attached hydrogens (tertiary/aromatic N) is 1. The molecule has 1 aromatic carbocycles. The minimum atomic E-state index is -0.401. The van der Waals surface area contributed by atoms with Crippen LogP contribution in [0.15, 0.2) is 22.7 Å². The highest BCUT2D eigenvalue weighted by Crippen LogP contribution is 2.23. The summed E-state index contributed by atoms with van der Waals surface area (Å²) in [5, 5.41) is 10.8. The average Bonchev–Trinajstić information content (AvgIpc) is 2.17. The lowest BCUT2D eigenvalue weighted by Crippen LogP contribution is -2.28. The van der Waals surface area contributed by atoms with Gasteiger partial charge in [-0.3, -0.25) is 10.1 Å². The Kier molecular flexibility index (Phi) is 4.85. The molecule has 0 spiro atoms. The Morgan fingerprint density at radius 1 is 1.62 bits per heavy atom. The van der Waals surface area contributed by atoms with Gasteiger partial charge in [-0.15, -0.1) is 0 Å². The maximum Gasteiger partial charge on any atom is 0.272 e. The lowest BCUT2D eigenvalue weighted by Gasteiger charge is -2.10. The van der Waals surface area contributed by atoms with Gasteiger partial charge in [0.25, 0.3) is 5.69 Å². The minimum Gasteiger partial charge on any atom is -0.383 e. The third kappa shape index (κ3) is 3.55. The molecule has 2 N–H and O–H groups in total. The minimum absolute atomic E-state index is 0.0924. The van der Waals surface area contributed by atoms with Gasteiger partial charge < -0.3 is 10.5 Å². The Labute approximate surface area is 102 Å². The van der Waals surface area contributed by atoms with E-state index in [1.54, 1.807) is 19.2 Å². The van der Waals surface area contributed by atoms with Crippen LogP contribution < -0.4 is 5.73 Å². The predicted molar refractivity (Wildman–Crippen MR) is 64.4 cm³/mol. The first kappa shape index (κ1) is 13.1. The molecule has 16 heavy (non-hydrogen) atoms. The molecule has 5 nitrogen and oxygen atoms in total. The summed E-state index contributed by atoms with van der Waals surface area (Å²) >= 11 is 3.28. The van der Waals surface area contributed by atoms with Crippen LogP contribution in [0, 0.1) is 10.1 Å². The average molecular weight is 289 g/mol. The maximum atomic E-state index is 10.8. The van der Waals surface area contributed by atoms with Crippen LogP contribution in [-0.2, 0) is 11.2 Å². The van der Waals surface area contributed by atoms with Crippen molar-refractivity contribution in [2.45, 2.75) is 12.5 Å². The number of hydrogen-bond acceptors (Lipinski definition) is 4. The summed E-state index contributed by atoms with van der Waals surface area (Å²) in [5.41, 5.74) is 6.48. The molecule has 0 bridgehead atoms. The number of nitro groups is 1. The standard InChI is InChI=1S/C10H13BrN2O3/c1-16-6-9(12)5-7-4-8(11)2-3-10(7)13(14)15/h2-4,9H,5-6,12H2,1H3. The van der Waals surface area contributed by atoms with Crippen LogP contribution in [0.5, 0.6) is 0 Å². The van der Waals surface area contributed by atoms with E-state index in [2.05, 4.69) is 15.9 Å². The van der Waals surface area contributed by atoms with Gasteiger partial charge in [0.05, 0.1) is 11.5 Å². The SMILES string of the molecule is COCC(N)Cc1cc(Br)ccc1[N+](=O)[O-]. The zero-order valence-electron chi connectivity index (χ0n) is 8.85. The summed E-state index contributed by atoms with van der Waals surface area (Å²) < 4.78 is 5.70. The molecule has 0 heterocycles. The molecule has 0 fully saturated rings. The Morgan fingerprint density at radius 3 is 2.88 bits per heavy atom. The Hall–Kier alpha value is -0.980. The van der Waals surface area contributed by atoms with Crippen LogP contribution in [0.1, 0.15) is 5.56 Å². The fraction of sp³-hybridized carbons (Fsp3) is 0.400. The third-order valence-electron chi connectivity index (χ3n) is 2.10. The van der Waals surface area contributed by atoms with Crippen molar-refractivity contribution in [1.29, 1.82) is 0 Å². The van der Waals surface area contributed by atoms with Crippen molar-refractivity contribution in [3.8, 4) is 0 Å². The van der Waals surface area contributed by atoms with Crippen molar-refractivity contribution < 1.29 is 9.66 Å². The summed E-state index contributed by atoms with van der Waals surface area (Å²) in [5.74, 6) is 0. The van der Waals surface area contributed by atoms with Gasteiger partial charge in [-0.2, -0.15) is 0 Å². The van der Waals surface area contributed by atoms with Gasteiger partial charge in [0, 0.05) is 29.3 Å². The van der Waals surface area contributed by atoms with Gasteiger partial charge in [-0.25, -0.2) is 0 Å². The van der Waals surface area contributed by atoms with Crippen molar-refractivity contribution in [1.82, 2.24) is 0 Å². The Balaban J connectivity index is 2.92. The number of ether oxygens (including phenoxy) is 1. The number of hydrogen-bond donors (Lipinski definition) is 1. The molecular formula is C10H13BrN2O3. The zero-order valence-corrected chi connectivity index (χ0v) is 10.4. The Morgan fingerprint density at radius 2 is 2.31 bits per heavy atom. The summed E-state index contributed by atoms with van der Waals surface area (Å²) in [6, 6.07) is 4.59. The second kappa shape index (κ2) is 5.93. The lowest BCUT2D eigenvalue weighted by atomic mass is 10.1. The number of halogens is 1. The van der Waals surface area contributed by atoms with E-state index in [0.29, 0.717) is 18.6 Å². The molecular weight excluding hydrogens is 276 g/mol. The molecule has 1 aromatic rings. The van der Waals surface area contributed by atoms with Crippen LogP contribution in [0.4, 0.5) is 5.69 Å². The van der Waals surface area contributed by atoms with E-state index in [1.165, 1.54) is 6.07 Å². The molecule has 0 radical (unpaired) electrons. The summed E-state index contributed by atoms with van der Waals surface area (Å²) in [4.78, 5) is 10.4. The normalized spacial score (nSPS) is 12.4. The topological polar surface area (TPSA) is 78.4 Å². The first-order valence-corrected chi connectivity index (χ1v) is 5.51. The van der Waals surface area contributed by atoms with Crippen LogP contribution in [0.25, 0.3) is 0 Å². The first-order valence-electron chi connectivity index (χ1n) is 4.72. The molecule has 0 aliphatic rings. The second-order valence-electron chi connectivity index (χ2n) is 3.45. The monoisotopic (exact) mass is 288 g/mol. The van der Waals surface area contributed by atoms with Crippen molar-refractivity contribution in [3.63, 3.8) is 0 Å². The molecule has 0 aromatic heterocycles. The maximum absolute atomic E-state index is 10.8. The molecule has 0 saturated heterocycles. The third-order valence-corrected chi connectivity index (χ3v) is 2.59. The Bertz CT molecular complexity index is 384. The second-order valence-corrected chi connectivity index (χ2v) is 4.37.